The molecule has 1 heterocycles. The second-order valence-corrected chi connectivity index (χ2v) is 7.47. The third-order valence-electron chi connectivity index (χ3n) is 4.88. The van der Waals surface area contributed by atoms with E-state index in [9.17, 15) is 14.4 Å². The molecular weight excluding hydrogens is 406 g/mol. The Morgan fingerprint density at radius 3 is 2.33 bits per heavy atom. The van der Waals surface area contributed by atoms with Crippen LogP contribution in [0, 0.1) is 5.92 Å². The van der Waals surface area contributed by atoms with Crippen LogP contribution in [0.5, 0.6) is 5.75 Å². The summed E-state index contributed by atoms with van der Waals surface area (Å²) in [6.45, 7) is 0.856. The molecule has 0 spiro atoms. The number of hydrogen-bond acceptors (Lipinski definition) is 4. The molecule has 3 amide bonds. The van der Waals surface area contributed by atoms with Crippen LogP contribution in [0.2, 0.25) is 5.02 Å². The standard InChI is InChI=1S/C22H24ClN3O4/c23-17-6-8-18(9-7-17)25-20(27)14-24-22(29)16-10-12-26(13-11-16)21(28)15-30-19-4-2-1-3-5-19/h1-9,16H,10-15H2,(H,24,29)(H,25,27). The highest BCUT2D eigenvalue weighted by molar-refractivity contribution is 6.30. The van der Waals surface area contributed by atoms with Gasteiger partial charge >= 0.3 is 0 Å². The molecule has 2 aromatic rings. The van der Waals surface area contributed by atoms with Gasteiger partial charge in [0.25, 0.3) is 5.91 Å². The van der Waals surface area contributed by atoms with Gasteiger partial charge in [0.2, 0.25) is 11.8 Å². The van der Waals surface area contributed by atoms with Crippen LogP contribution in [-0.4, -0.2) is 48.9 Å². The molecule has 0 saturated carbocycles. The molecule has 0 atom stereocenters. The number of carbonyl (C=O) groups excluding carboxylic acids is 3. The van der Waals surface area contributed by atoms with Crippen LogP contribution in [0.4, 0.5) is 5.69 Å². The number of likely N-dealkylation sites (tertiary alicyclic amines) is 1. The fraction of sp³-hybridized carbons (Fsp3) is 0.318. The van der Waals surface area contributed by atoms with Crippen LogP contribution in [0.15, 0.2) is 54.6 Å². The second-order valence-electron chi connectivity index (χ2n) is 7.03. The van der Waals surface area contributed by atoms with Gasteiger partial charge in [-0.05, 0) is 49.2 Å². The predicted octanol–water partition coefficient (Wildman–Crippen LogP) is 2.71. The Hall–Kier alpha value is -3.06. The molecule has 1 fully saturated rings. The first-order valence-corrected chi connectivity index (χ1v) is 10.2. The van der Waals surface area contributed by atoms with Crippen molar-refractivity contribution < 1.29 is 19.1 Å². The molecule has 158 valence electrons. The Morgan fingerprint density at radius 1 is 1.00 bits per heavy atom. The van der Waals surface area contributed by atoms with Crippen molar-refractivity contribution in [2.75, 3.05) is 31.6 Å². The number of nitrogens with zero attached hydrogens (tertiary/aromatic N) is 1. The zero-order valence-corrected chi connectivity index (χ0v) is 17.2. The third kappa shape index (κ3) is 6.49. The number of nitrogens with one attached hydrogen (secondary N) is 2. The van der Waals surface area contributed by atoms with Gasteiger partial charge in [-0.25, -0.2) is 0 Å². The number of hydrogen-bond donors (Lipinski definition) is 2. The molecule has 0 aromatic heterocycles. The van der Waals surface area contributed by atoms with Crippen molar-refractivity contribution in [3.8, 4) is 5.75 Å². The number of para-hydroxylation sites is 1. The summed E-state index contributed by atoms with van der Waals surface area (Å²) in [5.74, 6) is -0.144. The highest BCUT2D eigenvalue weighted by atomic mass is 35.5. The molecule has 7 nitrogen and oxygen atoms in total. The van der Waals surface area contributed by atoms with Crippen LogP contribution in [0.3, 0.4) is 0 Å². The first-order valence-electron chi connectivity index (χ1n) is 9.80. The lowest BCUT2D eigenvalue weighted by Gasteiger charge is -2.31. The maximum absolute atomic E-state index is 12.4. The Kier molecular flexibility index (Phi) is 7.68. The lowest BCUT2D eigenvalue weighted by Crippen LogP contribution is -2.45. The minimum atomic E-state index is -0.309. The lowest BCUT2D eigenvalue weighted by atomic mass is 9.96. The maximum Gasteiger partial charge on any atom is 0.260 e. The number of benzene rings is 2. The van der Waals surface area contributed by atoms with Crippen molar-refractivity contribution in [1.82, 2.24) is 10.2 Å². The van der Waals surface area contributed by atoms with Crippen molar-refractivity contribution in [1.29, 1.82) is 0 Å². The summed E-state index contributed by atoms with van der Waals surface area (Å²) >= 11 is 5.81. The minimum absolute atomic E-state index is 0.0221. The van der Waals surface area contributed by atoms with Gasteiger partial charge in [-0.1, -0.05) is 29.8 Å². The van der Waals surface area contributed by atoms with E-state index in [0.29, 0.717) is 42.4 Å². The molecule has 8 heteroatoms. The highest BCUT2D eigenvalue weighted by Gasteiger charge is 2.27. The van der Waals surface area contributed by atoms with E-state index in [2.05, 4.69) is 10.6 Å². The Morgan fingerprint density at radius 2 is 1.67 bits per heavy atom. The van der Waals surface area contributed by atoms with Gasteiger partial charge in [0, 0.05) is 29.7 Å². The van der Waals surface area contributed by atoms with E-state index < -0.39 is 0 Å². The van der Waals surface area contributed by atoms with Gasteiger partial charge < -0.3 is 20.3 Å². The number of ether oxygens (including phenoxy) is 1. The Balaban J connectivity index is 1.35. The van der Waals surface area contributed by atoms with Crippen molar-refractivity contribution in [2.45, 2.75) is 12.8 Å². The largest absolute Gasteiger partial charge is 0.484 e. The summed E-state index contributed by atoms with van der Waals surface area (Å²) in [7, 11) is 0. The molecule has 2 aromatic carbocycles. The first kappa shape index (κ1) is 21.6. The zero-order valence-electron chi connectivity index (χ0n) is 16.5. The van der Waals surface area contributed by atoms with Crippen molar-refractivity contribution >= 4 is 35.0 Å². The number of halogens is 1. The summed E-state index contributed by atoms with van der Waals surface area (Å²) in [6, 6.07) is 15.9. The summed E-state index contributed by atoms with van der Waals surface area (Å²) in [6.07, 6.45) is 1.11. The Labute approximate surface area is 180 Å². The molecular formula is C22H24ClN3O4. The molecule has 1 saturated heterocycles. The van der Waals surface area contributed by atoms with Crippen LogP contribution >= 0.6 is 11.6 Å². The molecule has 0 unspecified atom stereocenters. The van der Waals surface area contributed by atoms with Crippen LogP contribution in [0.1, 0.15) is 12.8 Å². The molecule has 1 aliphatic heterocycles. The fourth-order valence-electron chi connectivity index (χ4n) is 3.19. The van der Waals surface area contributed by atoms with E-state index in [1.807, 2.05) is 18.2 Å². The van der Waals surface area contributed by atoms with Crippen molar-refractivity contribution in [3.63, 3.8) is 0 Å². The summed E-state index contributed by atoms with van der Waals surface area (Å²) < 4.78 is 5.49. The van der Waals surface area contributed by atoms with E-state index in [-0.39, 0.29) is 36.8 Å². The van der Waals surface area contributed by atoms with E-state index >= 15 is 0 Å². The van der Waals surface area contributed by atoms with Gasteiger partial charge in [0.05, 0.1) is 6.54 Å². The molecule has 0 aliphatic carbocycles. The molecule has 0 bridgehead atoms. The fourth-order valence-corrected chi connectivity index (χ4v) is 3.32. The van der Waals surface area contributed by atoms with Crippen molar-refractivity contribution in [3.05, 3.63) is 59.6 Å². The minimum Gasteiger partial charge on any atom is -0.484 e. The average molecular weight is 430 g/mol. The van der Waals surface area contributed by atoms with Crippen LogP contribution in [0.25, 0.3) is 0 Å². The molecule has 30 heavy (non-hydrogen) atoms. The number of amides is 3. The van der Waals surface area contributed by atoms with Gasteiger partial charge in [-0.2, -0.15) is 0 Å². The third-order valence-corrected chi connectivity index (χ3v) is 5.13. The molecule has 2 N–H and O–H groups in total. The lowest BCUT2D eigenvalue weighted by molar-refractivity contribution is -0.137. The van der Waals surface area contributed by atoms with Gasteiger partial charge in [-0.3, -0.25) is 14.4 Å². The first-order chi connectivity index (χ1) is 14.5. The van der Waals surface area contributed by atoms with Crippen molar-refractivity contribution in [2.24, 2.45) is 5.92 Å². The number of rotatable bonds is 7. The van der Waals surface area contributed by atoms with Crippen LogP contribution in [-0.2, 0) is 14.4 Å². The highest BCUT2D eigenvalue weighted by Crippen LogP contribution is 2.18. The normalized spacial score (nSPS) is 14.1. The number of anilines is 1. The van der Waals surface area contributed by atoms with Gasteiger partial charge in [-0.15, -0.1) is 0 Å². The van der Waals surface area contributed by atoms with Crippen LogP contribution < -0.4 is 15.4 Å². The predicted molar refractivity (Wildman–Crippen MR) is 114 cm³/mol. The summed E-state index contributed by atoms with van der Waals surface area (Å²) in [4.78, 5) is 38.3. The molecule has 0 radical (unpaired) electrons. The van der Waals surface area contributed by atoms with E-state index in [1.165, 1.54) is 0 Å². The number of piperidine rings is 1. The topological polar surface area (TPSA) is 87.7 Å². The van der Waals surface area contributed by atoms with Gasteiger partial charge in [0.1, 0.15) is 5.75 Å². The monoisotopic (exact) mass is 429 g/mol. The second kappa shape index (κ2) is 10.6. The van der Waals surface area contributed by atoms with E-state index in [4.69, 9.17) is 16.3 Å². The quantitative estimate of drug-likeness (QED) is 0.708. The van der Waals surface area contributed by atoms with E-state index in [1.54, 1.807) is 41.3 Å². The summed E-state index contributed by atoms with van der Waals surface area (Å²) in [5.41, 5.74) is 0.614. The van der Waals surface area contributed by atoms with Gasteiger partial charge in [0.15, 0.2) is 6.61 Å². The zero-order chi connectivity index (χ0) is 21.3. The Bertz CT molecular complexity index is 866. The SMILES string of the molecule is O=C(CNC(=O)C1CCN(C(=O)COc2ccccc2)CC1)Nc1ccc(Cl)cc1. The average Bonchev–Trinajstić information content (AvgIpc) is 2.78. The maximum atomic E-state index is 12.4. The number of carbonyl (C=O) groups is 3. The molecule has 1 aliphatic rings. The molecule has 3 rings (SSSR count). The summed E-state index contributed by atoms with van der Waals surface area (Å²) in [5, 5.41) is 5.95. The smallest absolute Gasteiger partial charge is 0.260 e. The van der Waals surface area contributed by atoms with E-state index in [0.717, 1.165) is 0 Å².